The number of carbonyl (C=O) groups excluding carboxylic acids is 1. The Kier molecular flexibility index (Phi) is 5.69. The molecule has 0 saturated heterocycles. The highest BCUT2D eigenvalue weighted by atomic mass is 79.9. The Morgan fingerprint density at radius 2 is 2.05 bits per heavy atom. The lowest BCUT2D eigenvalue weighted by Crippen LogP contribution is -2.29. The van der Waals surface area contributed by atoms with Crippen molar-refractivity contribution in [1.82, 2.24) is 4.90 Å². The number of hydrogen-bond acceptors (Lipinski definition) is 2. The summed E-state index contributed by atoms with van der Waals surface area (Å²) in [6.45, 7) is 2.74. The maximum atomic E-state index is 13.1. The van der Waals surface area contributed by atoms with E-state index in [1.807, 2.05) is 43.1 Å². The summed E-state index contributed by atoms with van der Waals surface area (Å²) in [5.41, 5.74) is 2.70. The Labute approximate surface area is 138 Å². The number of nitrogens with zero attached hydrogens (tertiary/aromatic N) is 1. The van der Waals surface area contributed by atoms with Gasteiger partial charge in [-0.1, -0.05) is 34.1 Å². The van der Waals surface area contributed by atoms with Crippen LogP contribution in [0.1, 0.15) is 11.1 Å². The van der Waals surface area contributed by atoms with Crippen molar-refractivity contribution in [2.75, 3.05) is 18.9 Å². The molecular formula is C17H18BrFN2O. The molecule has 2 aromatic rings. The van der Waals surface area contributed by atoms with E-state index in [1.165, 1.54) is 12.1 Å². The normalized spacial score (nSPS) is 10.8. The van der Waals surface area contributed by atoms with Crippen molar-refractivity contribution in [3.63, 3.8) is 0 Å². The summed E-state index contributed by atoms with van der Waals surface area (Å²) in [7, 11) is 1.83. The Balaban J connectivity index is 1.89. The molecule has 0 aliphatic rings. The average Bonchev–Trinajstić information content (AvgIpc) is 2.42. The largest absolute Gasteiger partial charge is 0.325 e. The first-order valence-electron chi connectivity index (χ1n) is 6.93. The minimum absolute atomic E-state index is 0.102. The summed E-state index contributed by atoms with van der Waals surface area (Å²) in [6.07, 6.45) is 0. The van der Waals surface area contributed by atoms with Crippen LogP contribution in [0.3, 0.4) is 0 Å². The van der Waals surface area contributed by atoms with Crippen LogP contribution >= 0.6 is 15.9 Å². The second kappa shape index (κ2) is 7.51. The number of nitrogens with one attached hydrogen (secondary N) is 1. The van der Waals surface area contributed by atoms with Gasteiger partial charge in [-0.15, -0.1) is 0 Å². The lowest BCUT2D eigenvalue weighted by atomic mass is 10.2. The zero-order valence-corrected chi connectivity index (χ0v) is 14.2. The number of likely N-dealkylation sites (N-methyl/N-ethyl adjacent to an activating group) is 1. The van der Waals surface area contributed by atoms with E-state index in [9.17, 15) is 9.18 Å². The van der Waals surface area contributed by atoms with Crippen LogP contribution in [0.2, 0.25) is 0 Å². The zero-order chi connectivity index (χ0) is 16.1. The first-order chi connectivity index (χ1) is 10.4. The third-order valence-electron chi connectivity index (χ3n) is 3.21. The van der Waals surface area contributed by atoms with Gasteiger partial charge < -0.3 is 5.32 Å². The van der Waals surface area contributed by atoms with Crippen molar-refractivity contribution < 1.29 is 9.18 Å². The fraction of sp³-hybridized carbons (Fsp3) is 0.235. The molecule has 0 aromatic heterocycles. The van der Waals surface area contributed by atoms with Crippen molar-refractivity contribution in [2.24, 2.45) is 0 Å². The molecular weight excluding hydrogens is 347 g/mol. The van der Waals surface area contributed by atoms with Crippen molar-refractivity contribution in [1.29, 1.82) is 0 Å². The smallest absolute Gasteiger partial charge is 0.238 e. The van der Waals surface area contributed by atoms with Crippen LogP contribution < -0.4 is 5.32 Å². The van der Waals surface area contributed by atoms with E-state index >= 15 is 0 Å². The molecule has 1 amide bonds. The van der Waals surface area contributed by atoms with Gasteiger partial charge in [0.2, 0.25) is 5.91 Å². The fourth-order valence-electron chi connectivity index (χ4n) is 2.12. The summed E-state index contributed by atoms with van der Waals surface area (Å²) >= 11 is 3.44. The molecule has 0 atom stereocenters. The molecule has 0 spiro atoms. The molecule has 1 N–H and O–H groups in total. The number of benzene rings is 2. The number of amides is 1. The Morgan fingerprint density at radius 3 is 2.73 bits per heavy atom. The van der Waals surface area contributed by atoms with Crippen molar-refractivity contribution in [3.8, 4) is 0 Å². The number of rotatable bonds is 5. The Hall–Kier alpha value is -1.72. The monoisotopic (exact) mass is 364 g/mol. The summed E-state index contributed by atoms with van der Waals surface area (Å²) in [4.78, 5) is 13.9. The summed E-state index contributed by atoms with van der Waals surface area (Å²) < 4.78 is 14.1. The van der Waals surface area contributed by atoms with Crippen molar-refractivity contribution >= 4 is 27.5 Å². The van der Waals surface area contributed by atoms with E-state index in [0.29, 0.717) is 6.54 Å². The second-order valence-electron chi connectivity index (χ2n) is 5.31. The van der Waals surface area contributed by atoms with Gasteiger partial charge in [0.15, 0.2) is 0 Å². The van der Waals surface area contributed by atoms with E-state index in [1.54, 1.807) is 6.07 Å². The fourth-order valence-corrected chi connectivity index (χ4v) is 2.50. The van der Waals surface area contributed by atoms with Gasteiger partial charge in [-0.25, -0.2) is 4.39 Å². The summed E-state index contributed by atoms with van der Waals surface area (Å²) in [6, 6.07) is 12.1. The third kappa shape index (κ3) is 4.93. The van der Waals surface area contributed by atoms with Gasteiger partial charge in [0.05, 0.1) is 6.54 Å². The summed E-state index contributed by atoms with van der Waals surface area (Å²) in [5, 5.41) is 2.85. The van der Waals surface area contributed by atoms with E-state index in [4.69, 9.17) is 0 Å². The predicted molar refractivity (Wildman–Crippen MR) is 90.2 cm³/mol. The number of aryl methyl sites for hydroxylation is 1. The zero-order valence-electron chi connectivity index (χ0n) is 12.6. The summed E-state index contributed by atoms with van der Waals surface area (Å²) in [5.74, 6) is -0.366. The number of carbonyl (C=O) groups is 1. The highest BCUT2D eigenvalue weighted by Crippen LogP contribution is 2.20. The maximum absolute atomic E-state index is 13.1. The van der Waals surface area contributed by atoms with Crippen LogP contribution in [0.5, 0.6) is 0 Å². The number of anilines is 1. The SMILES string of the molecule is Cc1ccc(NC(=O)CN(C)Cc2cccc(F)c2)cc1Br. The predicted octanol–water partition coefficient (Wildman–Crippen LogP) is 3.97. The van der Waals surface area contributed by atoms with E-state index in [0.717, 1.165) is 21.3 Å². The highest BCUT2D eigenvalue weighted by molar-refractivity contribution is 9.10. The molecule has 0 aliphatic carbocycles. The molecule has 0 radical (unpaired) electrons. The molecule has 2 aromatic carbocycles. The molecule has 0 saturated carbocycles. The molecule has 0 aliphatic heterocycles. The van der Waals surface area contributed by atoms with E-state index < -0.39 is 0 Å². The van der Waals surface area contributed by atoms with Crippen molar-refractivity contribution in [2.45, 2.75) is 13.5 Å². The van der Waals surface area contributed by atoms with Crippen LogP contribution in [0.4, 0.5) is 10.1 Å². The van der Waals surface area contributed by atoms with Crippen molar-refractivity contribution in [3.05, 3.63) is 63.9 Å². The highest BCUT2D eigenvalue weighted by Gasteiger charge is 2.08. The molecule has 0 unspecified atom stereocenters. The van der Waals surface area contributed by atoms with E-state index in [2.05, 4.69) is 21.2 Å². The maximum Gasteiger partial charge on any atom is 0.238 e. The van der Waals surface area contributed by atoms with Gasteiger partial charge >= 0.3 is 0 Å². The lowest BCUT2D eigenvalue weighted by molar-refractivity contribution is -0.117. The van der Waals surface area contributed by atoms with Gasteiger partial charge in [-0.3, -0.25) is 9.69 Å². The molecule has 22 heavy (non-hydrogen) atoms. The average molecular weight is 365 g/mol. The van der Waals surface area contributed by atoms with Gasteiger partial charge in [-0.2, -0.15) is 0 Å². The standard InChI is InChI=1S/C17H18BrFN2O/c1-12-6-7-15(9-16(12)18)20-17(22)11-21(2)10-13-4-3-5-14(19)8-13/h3-9H,10-11H2,1-2H3,(H,20,22). The van der Waals surface area contributed by atoms with Crippen LogP contribution in [0, 0.1) is 12.7 Å². The van der Waals surface area contributed by atoms with E-state index in [-0.39, 0.29) is 18.3 Å². The quantitative estimate of drug-likeness (QED) is 0.870. The minimum Gasteiger partial charge on any atom is -0.325 e. The first-order valence-corrected chi connectivity index (χ1v) is 7.72. The Morgan fingerprint density at radius 1 is 1.27 bits per heavy atom. The number of halogens is 2. The van der Waals surface area contributed by atoms with Gasteiger partial charge in [-0.05, 0) is 49.4 Å². The second-order valence-corrected chi connectivity index (χ2v) is 6.17. The molecule has 0 heterocycles. The van der Waals surface area contributed by atoms with Crippen LogP contribution in [0.25, 0.3) is 0 Å². The van der Waals surface area contributed by atoms with Crippen LogP contribution in [0.15, 0.2) is 46.9 Å². The lowest BCUT2D eigenvalue weighted by Gasteiger charge is -2.16. The van der Waals surface area contributed by atoms with Gasteiger partial charge in [0.25, 0.3) is 0 Å². The molecule has 2 rings (SSSR count). The number of hydrogen-bond donors (Lipinski definition) is 1. The molecule has 0 fully saturated rings. The minimum atomic E-state index is -0.264. The molecule has 0 bridgehead atoms. The molecule has 5 heteroatoms. The molecule has 3 nitrogen and oxygen atoms in total. The topological polar surface area (TPSA) is 32.3 Å². The van der Waals surface area contributed by atoms with Gasteiger partial charge in [0, 0.05) is 16.7 Å². The van der Waals surface area contributed by atoms with Crippen LogP contribution in [-0.2, 0) is 11.3 Å². The van der Waals surface area contributed by atoms with Crippen LogP contribution in [-0.4, -0.2) is 24.4 Å². The van der Waals surface area contributed by atoms with Gasteiger partial charge in [0.1, 0.15) is 5.82 Å². The first kappa shape index (κ1) is 16.6. The third-order valence-corrected chi connectivity index (χ3v) is 4.06. The molecule has 116 valence electrons. The Bertz CT molecular complexity index is 675.